The number of alkyl halides is 2. The maximum absolute atomic E-state index is 9.88. The van der Waals surface area contributed by atoms with E-state index in [4.69, 9.17) is 16.2 Å². The van der Waals surface area contributed by atoms with Crippen molar-refractivity contribution >= 4 is 37.6 Å². The third-order valence-electron chi connectivity index (χ3n) is 0.337. The van der Waals surface area contributed by atoms with Crippen LogP contribution >= 0.6 is 27.5 Å². The van der Waals surface area contributed by atoms with Gasteiger partial charge in [-0.1, -0.05) is 15.9 Å². The lowest BCUT2D eigenvalue weighted by Gasteiger charge is -1.93. The van der Waals surface area contributed by atoms with Gasteiger partial charge in [-0.15, -0.1) is 11.6 Å². The molecule has 0 aliphatic rings. The lowest BCUT2D eigenvalue weighted by Crippen LogP contribution is -2.09. The van der Waals surface area contributed by atoms with E-state index in [1.807, 2.05) is 0 Å². The van der Waals surface area contributed by atoms with E-state index in [0.717, 1.165) is 0 Å². The molecule has 0 bridgehead atoms. The number of rotatable bonds is 2. The van der Waals surface area contributed by atoms with E-state index < -0.39 is 20.2 Å². The zero-order valence-electron chi connectivity index (χ0n) is 3.71. The minimum absolute atomic E-state index is 0.464. The highest BCUT2D eigenvalue weighted by Gasteiger charge is 2.09. The number of hydrogen-bond acceptors (Lipinski definition) is 2. The van der Waals surface area contributed by atoms with Crippen molar-refractivity contribution in [2.45, 2.75) is 4.29 Å². The first-order chi connectivity index (χ1) is 3.42. The molecule has 0 aromatic rings. The van der Waals surface area contributed by atoms with Gasteiger partial charge < -0.3 is 0 Å². The first-order valence-electron chi connectivity index (χ1n) is 1.65. The summed E-state index contributed by atoms with van der Waals surface area (Å²) in [4.78, 5) is 0. The molecule has 1 unspecified atom stereocenters. The molecule has 0 aliphatic heterocycles. The quantitative estimate of drug-likeness (QED) is 0.557. The smallest absolute Gasteiger partial charge is 0.267 e. The molecule has 0 aromatic heterocycles. The molecule has 0 rings (SSSR count). The molecule has 0 aliphatic carbocycles. The van der Waals surface area contributed by atoms with Crippen molar-refractivity contribution in [1.82, 2.24) is 0 Å². The highest BCUT2D eigenvalue weighted by Crippen LogP contribution is 2.06. The van der Waals surface area contributed by atoms with E-state index in [1.54, 1.807) is 0 Å². The maximum atomic E-state index is 9.88. The van der Waals surface area contributed by atoms with Crippen LogP contribution in [0.5, 0.6) is 0 Å². The first-order valence-corrected chi connectivity index (χ1v) is 4.61. The van der Waals surface area contributed by atoms with E-state index in [9.17, 15) is 8.42 Å². The summed E-state index contributed by atoms with van der Waals surface area (Å²) in [5.41, 5.74) is 0. The lowest BCUT2D eigenvalue weighted by molar-refractivity contribution is 0.484. The van der Waals surface area contributed by atoms with Crippen LogP contribution in [0.4, 0.5) is 0 Å². The maximum Gasteiger partial charge on any atom is 0.267 e. The molecule has 0 heterocycles. The van der Waals surface area contributed by atoms with Crippen molar-refractivity contribution < 1.29 is 13.0 Å². The molecule has 3 nitrogen and oxygen atoms in total. The van der Waals surface area contributed by atoms with E-state index in [1.165, 1.54) is 0 Å². The minimum atomic E-state index is -3.90. The topological polar surface area (TPSA) is 54.4 Å². The molecule has 0 fully saturated rings. The molecular formula is C2H4BrClO3S. The summed E-state index contributed by atoms with van der Waals surface area (Å²) in [6.45, 7) is 0. The van der Waals surface area contributed by atoms with Gasteiger partial charge in [-0.3, -0.25) is 4.55 Å². The average Bonchev–Trinajstić information content (AvgIpc) is 1.21. The summed E-state index contributed by atoms with van der Waals surface area (Å²) in [7, 11) is -3.90. The van der Waals surface area contributed by atoms with Crippen molar-refractivity contribution in [2.75, 3.05) is 5.75 Å². The van der Waals surface area contributed by atoms with E-state index in [-0.39, 0.29) is 0 Å². The van der Waals surface area contributed by atoms with Crippen LogP contribution < -0.4 is 0 Å². The van der Waals surface area contributed by atoms with Gasteiger partial charge in [0, 0.05) is 0 Å². The molecule has 0 aromatic carbocycles. The molecule has 50 valence electrons. The zero-order valence-corrected chi connectivity index (χ0v) is 6.87. The fourth-order valence-corrected chi connectivity index (χ4v) is 1.96. The van der Waals surface area contributed by atoms with E-state index in [2.05, 4.69) is 15.9 Å². The van der Waals surface area contributed by atoms with Gasteiger partial charge in [-0.2, -0.15) is 8.42 Å². The van der Waals surface area contributed by atoms with Crippen LogP contribution in [0.3, 0.4) is 0 Å². The Bertz CT molecular complexity index is 151. The van der Waals surface area contributed by atoms with Crippen molar-refractivity contribution in [3.63, 3.8) is 0 Å². The van der Waals surface area contributed by atoms with Gasteiger partial charge in [-0.25, -0.2) is 0 Å². The molecule has 0 amide bonds. The third kappa shape index (κ3) is 6.68. The predicted molar refractivity (Wildman–Crippen MR) is 35.0 cm³/mol. The predicted octanol–water partition coefficient (Wildman–Crippen LogP) is 0.834. The summed E-state index contributed by atoms with van der Waals surface area (Å²) >= 11 is 7.88. The van der Waals surface area contributed by atoms with Gasteiger partial charge in [0.15, 0.2) is 0 Å². The fraction of sp³-hybridized carbons (Fsp3) is 1.00. The number of halogens is 2. The third-order valence-corrected chi connectivity index (χ3v) is 2.18. The second-order valence-electron chi connectivity index (χ2n) is 1.14. The van der Waals surface area contributed by atoms with Crippen LogP contribution in [0.15, 0.2) is 0 Å². The van der Waals surface area contributed by atoms with Gasteiger partial charge in [0.1, 0.15) is 10.0 Å². The minimum Gasteiger partial charge on any atom is -0.285 e. The van der Waals surface area contributed by atoms with Gasteiger partial charge in [-0.05, 0) is 0 Å². The van der Waals surface area contributed by atoms with Crippen LogP contribution in [-0.2, 0) is 10.1 Å². The van der Waals surface area contributed by atoms with Gasteiger partial charge in [0.25, 0.3) is 10.1 Å². The second-order valence-corrected chi connectivity index (χ2v) is 4.80. The van der Waals surface area contributed by atoms with Crippen LogP contribution in [0.25, 0.3) is 0 Å². The Labute approximate surface area is 60.9 Å². The molecule has 0 spiro atoms. The van der Waals surface area contributed by atoms with Crippen molar-refractivity contribution in [3.8, 4) is 0 Å². The van der Waals surface area contributed by atoms with Crippen LogP contribution in [-0.4, -0.2) is 23.0 Å². The van der Waals surface area contributed by atoms with Crippen LogP contribution in [0.2, 0.25) is 0 Å². The Morgan fingerprint density at radius 2 is 2.12 bits per heavy atom. The van der Waals surface area contributed by atoms with Crippen LogP contribution in [0.1, 0.15) is 0 Å². The standard InChI is InChI=1S/C2H4BrClO3S/c3-2(4)1-8(5,6)7/h2H,1H2,(H,5,6,7). The Kier molecular flexibility index (Phi) is 3.26. The first kappa shape index (κ1) is 8.68. The largest absolute Gasteiger partial charge is 0.285 e. The van der Waals surface area contributed by atoms with Crippen molar-refractivity contribution in [3.05, 3.63) is 0 Å². The van der Waals surface area contributed by atoms with Gasteiger partial charge >= 0.3 is 0 Å². The normalized spacial score (nSPS) is 15.9. The van der Waals surface area contributed by atoms with E-state index >= 15 is 0 Å². The second kappa shape index (κ2) is 3.00. The summed E-state index contributed by atoms with van der Waals surface area (Å²) in [5.74, 6) is -0.464. The van der Waals surface area contributed by atoms with Gasteiger partial charge in [0.05, 0.1) is 0 Å². The summed E-state index contributed by atoms with van der Waals surface area (Å²) in [6.07, 6.45) is 0. The molecular weight excluding hydrogens is 219 g/mol. The fourth-order valence-electron chi connectivity index (χ4n) is 0.159. The molecule has 6 heteroatoms. The SMILES string of the molecule is O=S(=O)(O)CC(Cl)Br. The van der Waals surface area contributed by atoms with Crippen molar-refractivity contribution in [1.29, 1.82) is 0 Å². The molecule has 1 N–H and O–H groups in total. The Morgan fingerprint density at radius 1 is 1.75 bits per heavy atom. The summed E-state index contributed by atoms with van der Waals surface area (Å²) in [5, 5.41) is 0. The highest BCUT2D eigenvalue weighted by molar-refractivity contribution is 9.10. The summed E-state index contributed by atoms with van der Waals surface area (Å²) in [6, 6.07) is 0. The van der Waals surface area contributed by atoms with Crippen LogP contribution in [0, 0.1) is 0 Å². The summed E-state index contributed by atoms with van der Waals surface area (Å²) < 4.78 is 27.1. The Morgan fingerprint density at radius 3 is 2.12 bits per heavy atom. The van der Waals surface area contributed by atoms with Gasteiger partial charge in [0.2, 0.25) is 0 Å². The van der Waals surface area contributed by atoms with Crippen molar-refractivity contribution in [2.24, 2.45) is 0 Å². The monoisotopic (exact) mass is 222 g/mol. The molecule has 0 saturated heterocycles. The molecule has 0 saturated carbocycles. The Hall–Kier alpha value is 0.680. The Balaban J connectivity index is 3.75. The zero-order chi connectivity index (χ0) is 6.78. The highest BCUT2D eigenvalue weighted by atomic mass is 79.9. The number of hydrogen-bond donors (Lipinski definition) is 1. The molecule has 1 atom stereocenters. The molecule has 8 heavy (non-hydrogen) atoms. The van der Waals surface area contributed by atoms with E-state index in [0.29, 0.717) is 0 Å². The lowest BCUT2D eigenvalue weighted by atomic mass is 11.0. The average molecular weight is 223 g/mol. The molecule has 0 radical (unpaired) electrons.